The molecule has 0 bridgehead atoms. The molecule has 0 spiro atoms. The van der Waals surface area contributed by atoms with Crippen molar-refractivity contribution in [3.8, 4) is 22.4 Å². The summed E-state index contributed by atoms with van der Waals surface area (Å²) in [6.07, 6.45) is -4.39. The van der Waals surface area contributed by atoms with Gasteiger partial charge >= 0.3 is 6.18 Å². The van der Waals surface area contributed by atoms with Crippen LogP contribution in [0, 0.1) is 6.92 Å². The van der Waals surface area contributed by atoms with E-state index < -0.39 is 11.7 Å². The van der Waals surface area contributed by atoms with Gasteiger partial charge in [-0.3, -0.25) is 0 Å². The molecule has 4 rings (SSSR count). The highest BCUT2D eigenvalue weighted by atomic mass is 19.4. The molecule has 0 aliphatic rings. The summed E-state index contributed by atoms with van der Waals surface area (Å²) < 4.78 is 39.5. The maximum Gasteiger partial charge on any atom is 0.416 e. The van der Waals surface area contributed by atoms with Gasteiger partial charge in [-0.15, -0.1) is 0 Å². The van der Waals surface area contributed by atoms with Crippen LogP contribution in [0.5, 0.6) is 0 Å². The summed E-state index contributed by atoms with van der Waals surface area (Å²) in [5, 5.41) is 0.983. The molecule has 27 heavy (non-hydrogen) atoms. The molecule has 1 aromatic heterocycles. The summed E-state index contributed by atoms with van der Waals surface area (Å²) in [5.74, 6) is 0. The Morgan fingerprint density at radius 1 is 0.741 bits per heavy atom. The molecule has 0 N–H and O–H groups in total. The van der Waals surface area contributed by atoms with Gasteiger partial charge in [0.05, 0.1) is 16.8 Å². The van der Waals surface area contributed by atoms with Crippen LogP contribution < -0.4 is 0 Å². The fourth-order valence-corrected chi connectivity index (χ4v) is 3.41. The van der Waals surface area contributed by atoms with E-state index in [1.807, 2.05) is 61.5 Å². The molecule has 134 valence electrons. The molecule has 0 radical (unpaired) electrons. The molecular weight excluding hydrogens is 347 g/mol. The van der Waals surface area contributed by atoms with Gasteiger partial charge < -0.3 is 0 Å². The first kappa shape index (κ1) is 17.3. The van der Waals surface area contributed by atoms with Crippen molar-refractivity contribution >= 4 is 10.9 Å². The number of rotatable bonds is 2. The van der Waals surface area contributed by atoms with Crippen molar-refractivity contribution in [3.05, 3.63) is 90.0 Å². The average molecular weight is 363 g/mol. The molecule has 0 aliphatic carbocycles. The third-order valence-electron chi connectivity index (χ3n) is 4.66. The molecule has 0 saturated heterocycles. The minimum absolute atomic E-state index is 0.463. The number of alkyl halides is 3. The Bertz CT molecular complexity index is 1120. The van der Waals surface area contributed by atoms with Gasteiger partial charge in [0.1, 0.15) is 0 Å². The maximum absolute atomic E-state index is 13.2. The second kappa shape index (κ2) is 6.54. The zero-order chi connectivity index (χ0) is 19.0. The first-order valence-corrected chi connectivity index (χ1v) is 8.57. The Kier molecular flexibility index (Phi) is 4.19. The predicted molar refractivity (Wildman–Crippen MR) is 102 cm³/mol. The number of para-hydroxylation sites is 1. The van der Waals surface area contributed by atoms with E-state index in [0.717, 1.165) is 33.7 Å². The summed E-state index contributed by atoms with van der Waals surface area (Å²) in [4.78, 5) is 4.69. The minimum atomic E-state index is -4.39. The Hall–Kier alpha value is -3.14. The second-order valence-electron chi connectivity index (χ2n) is 6.42. The molecule has 0 fully saturated rings. The molecule has 1 heterocycles. The predicted octanol–water partition coefficient (Wildman–Crippen LogP) is 6.90. The molecule has 1 nitrogen and oxygen atoms in total. The summed E-state index contributed by atoms with van der Waals surface area (Å²) >= 11 is 0. The van der Waals surface area contributed by atoms with E-state index in [-0.39, 0.29) is 0 Å². The highest BCUT2D eigenvalue weighted by Crippen LogP contribution is 2.38. The van der Waals surface area contributed by atoms with Crippen LogP contribution in [0.2, 0.25) is 0 Å². The Morgan fingerprint density at radius 2 is 1.41 bits per heavy atom. The lowest BCUT2D eigenvalue weighted by Crippen LogP contribution is -2.05. The molecule has 0 unspecified atom stereocenters. The normalized spacial score (nSPS) is 11.7. The van der Waals surface area contributed by atoms with E-state index in [1.165, 1.54) is 12.1 Å². The Balaban J connectivity index is 2.02. The SMILES string of the molecule is Cc1c(-c2cccc(C(F)(F)F)c2)nc2ccccc2c1-c1ccccc1. The zero-order valence-corrected chi connectivity index (χ0v) is 14.6. The molecule has 4 aromatic rings. The van der Waals surface area contributed by atoms with E-state index in [1.54, 1.807) is 6.07 Å². The van der Waals surface area contributed by atoms with Gasteiger partial charge in [-0.05, 0) is 41.8 Å². The van der Waals surface area contributed by atoms with Gasteiger partial charge in [-0.25, -0.2) is 4.98 Å². The maximum atomic E-state index is 13.2. The summed E-state index contributed by atoms with van der Waals surface area (Å²) in [6.45, 7) is 1.91. The fourth-order valence-electron chi connectivity index (χ4n) is 3.41. The lowest BCUT2D eigenvalue weighted by molar-refractivity contribution is -0.137. The lowest BCUT2D eigenvalue weighted by Gasteiger charge is -2.16. The highest BCUT2D eigenvalue weighted by molar-refractivity contribution is 5.99. The van der Waals surface area contributed by atoms with Gasteiger partial charge in [-0.2, -0.15) is 13.2 Å². The lowest BCUT2D eigenvalue weighted by atomic mass is 9.92. The van der Waals surface area contributed by atoms with E-state index in [0.29, 0.717) is 11.3 Å². The van der Waals surface area contributed by atoms with E-state index in [9.17, 15) is 13.2 Å². The summed E-state index contributed by atoms with van der Waals surface area (Å²) in [7, 11) is 0. The molecule has 3 aromatic carbocycles. The van der Waals surface area contributed by atoms with Crippen LogP contribution in [-0.4, -0.2) is 4.98 Å². The number of halogens is 3. The van der Waals surface area contributed by atoms with Crippen molar-refractivity contribution < 1.29 is 13.2 Å². The Morgan fingerprint density at radius 3 is 2.15 bits per heavy atom. The number of fused-ring (bicyclic) bond motifs is 1. The molecular formula is C23H16F3N. The third-order valence-corrected chi connectivity index (χ3v) is 4.66. The van der Waals surface area contributed by atoms with Crippen molar-refractivity contribution in [2.45, 2.75) is 13.1 Å². The van der Waals surface area contributed by atoms with E-state index >= 15 is 0 Å². The fraction of sp³-hybridized carbons (Fsp3) is 0.0870. The largest absolute Gasteiger partial charge is 0.416 e. The van der Waals surface area contributed by atoms with E-state index in [2.05, 4.69) is 4.98 Å². The molecule has 0 amide bonds. The number of nitrogens with zero attached hydrogens (tertiary/aromatic N) is 1. The van der Waals surface area contributed by atoms with Crippen LogP contribution >= 0.6 is 0 Å². The molecule has 0 saturated carbocycles. The van der Waals surface area contributed by atoms with Crippen LogP contribution in [0.15, 0.2) is 78.9 Å². The summed E-state index contributed by atoms with van der Waals surface area (Å²) in [6, 6.07) is 22.9. The molecule has 0 aliphatic heterocycles. The van der Waals surface area contributed by atoms with Gasteiger partial charge in [-0.1, -0.05) is 60.7 Å². The topological polar surface area (TPSA) is 12.9 Å². The number of hydrogen-bond acceptors (Lipinski definition) is 1. The molecule has 4 heteroatoms. The standard InChI is InChI=1S/C23H16F3N/c1-15-21(16-8-3-2-4-9-16)19-12-5-6-13-20(19)27-22(15)17-10-7-11-18(14-17)23(24,25)26/h2-14H,1H3. The first-order chi connectivity index (χ1) is 12.9. The van der Waals surface area contributed by atoms with E-state index in [4.69, 9.17) is 0 Å². The van der Waals surface area contributed by atoms with Crippen LogP contribution in [0.3, 0.4) is 0 Å². The average Bonchev–Trinajstić information content (AvgIpc) is 2.67. The van der Waals surface area contributed by atoms with Crippen molar-refractivity contribution in [2.75, 3.05) is 0 Å². The quantitative estimate of drug-likeness (QED) is 0.378. The van der Waals surface area contributed by atoms with Gasteiger partial charge in [0.25, 0.3) is 0 Å². The number of benzene rings is 3. The van der Waals surface area contributed by atoms with Gasteiger partial charge in [0.2, 0.25) is 0 Å². The number of aromatic nitrogens is 1. The third kappa shape index (κ3) is 3.19. The van der Waals surface area contributed by atoms with Crippen LogP contribution in [0.1, 0.15) is 11.1 Å². The van der Waals surface area contributed by atoms with Crippen LogP contribution in [0.4, 0.5) is 13.2 Å². The van der Waals surface area contributed by atoms with Crippen molar-refractivity contribution in [1.82, 2.24) is 4.98 Å². The van der Waals surface area contributed by atoms with Crippen molar-refractivity contribution in [2.24, 2.45) is 0 Å². The number of hydrogen-bond donors (Lipinski definition) is 0. The van der Waals surface area contributed by atoms with Crippen LogP contribution in [-0.2, 0) is 6.18 Å². The smallest absolute Gasteiger partial charge is 0.247 e. The summed E-state index contributed by atoms with van der Waals surface area (Å²) in [5.41, 5.74) is 3.99. The highest BCUT2D eigenvalue weighted by Gasteiger charge is 2.30. The van der Waals surface area contributed by atoms with Crippen molar-refractivity contribution in [1.29, 1.82) is 0 Å². The van der Waals surface area contributed by atoms with Gasteiger partial charge in [0.15, 0.2) is 0 Å². The first-order valence-electron chi connectivity index (χ1n) is 8.57. The van der Waals surface area contributed by atoms with Crippen LogP contribution in [0.25, 0.3) is 33.3 Å². The second-order valence-corrected chi connectivity index (χ2v) is 6.42. The number of pyridine rings is 1. The monoisotopic (exact) mass is 363 g/mol. The van der Waals surface area contributed by atoms with Gasteiger partial charge in [0, 0.05) is 10.9 Å². The Labute approximate surface area is 155 Å². The minimum Gasteiger partial charge on any atom is -0.247 e. The van der Waals surface area contributed by atoms with Crippen molar-refractivity contribution in [3.63, 3.8) is 0 Å². The molecule has 0 atom stereocenters. The zero-order valence-electron chi connectivity index (χ0n) is 14.6.